The molecule has 6 nitrogen and oxygen atoms in total. The Morgan fingerprint density at radius 1 is 1.37 bits per heavy atom. The first kappa shape index (κ1) is 15.7. The van der Waals surface area contributed by atoms with Gasteiger partial charge in [-0.15, -0.1) is 0 Å². The molecule has 0 aliphatic heterocycles. The van der Waals surface area contributed by atoms with Crippen LogP contribution < -0.4 is 40.1 Å². The number of para-hydroxylation sites is 1. The molecule has 1 aromatic carbocycles. The molecule has 1 heterocycles. The molecule has 7 heteroatoms. The van der Waals surface area contributed by atoms with E-state index in [0.29, 0.717) is 5.56 Å². The molecule has 1 aromatic heterocycles. The third-order valence-electron chi connectivity index (χ3n) is 2.81. The normalized spacial score (nSPS) is 11.6. The molecule has 1 amide bonds. The van der Waals surface area contributed by atoms with Crippen LogP contribution in [0.25, 0.3) is 10.9 Å². The molecule has 0 radical (unpaired) electrons. The number of nitrogens with one attached hydrogen (secondary N) is 2. The SMILES string of the molecule is O=C([O-])C(Cc1c[nH]c2ccccc12)C(=O)NO.[Na+]. The van der Waals surface area contributed by atoms with Gasteiger partial charge >= 0.3 is 29.6 Å². The van der Waals surface area contributed by atoms with Gasteiger partial charge in [-0.2, -0.15) is 0 Å². The summed E-state index contributed by atoms with van der Waals surface area (Å²) in [6.07, 6.45) is 1.60. The number of hydrogen-bond acceptors (Lipinski definition) is 4. The van der Waals surface area contributed by atoms with Gasteiger partial charge in [-0.05, 0) is 18.1 Å². The number of carbonyl (C=O) groups excluding carboxylic acids is 2. The summed E-state index contributed by atoms with van der Waals surface area (Å²) in [6, 6.07) is 7.34. The van der Waals surface area contributed by atoms with E-state index in [1.54, 1.807) is 6.20 Å². The van der Waals surface area contributed by atoms with Crippen LogP contribution in [0.3, 0.4) is 0 Å². The fourth-order valence-corrected chi connectivity index (χ4v) is 1.88. The van der Waals surface area contributed by atoms with E-state index in [9.17, 15) is 14.7 Å². The summed E-state index contributed by atoms with van der Waals surface area (Å²) >= 11 is 0. The van der Waals surface area contributed by atoms with Crippen molar-refractivity contribution in [1.82, 2.24) is 10.5 Å². The number of rotatable bonds is 4. The Labute approximate surface area is 131 Å². The van der Waals surface area contributed by atoms with E-state index in [2.05, 4.69) is 4.98 Å². The average Bonchev–Trinajstić information content (AvgIpc) is 2.78. The van der Waals surface area contributed by atoms with Crippen molar-refractivity contribution in [2.75, 3.05) is 0 Å². The molecular formula is C12H11N2NaO4. The summed E-state index contributed by atoms with van der Waals surface area (Å²) in [7, 11) is 0. The molecule has 0 saturated heterocycles. The summed E-state index contributed by atoms with van der Waals surface area (Å²) in [6.45, 7) is 0. The van der Waals surface area contributed by atoms with Gasteiger partial charge in [0.15, 0.2) is 0 Å². The zero-order valence-corrected chi connectivity index (χ0v) is 12.3. The molecule has 0 saturated carbocycles. The van der Waals surface area contributed by atoms with Crippen LogP contribution in [0, 0.1) is 5.92 Å². The number of benzene rings is 1. The molecule has 19 heavy (non-hydrogen) atoms. The topological polar surface area (TPSA) is 105 Å². The molecule has 1 unspecified atom stereocenters. The number of aromatic nitrogens is 1. The second-order valence-electron chi connectivity index (χ2n) is 3.91. The van der Waals surface area contributed by atoms with Crippen LogP contribution in [0.2, 0.25) is 0 Å². The van der Waals surface area contributed by atoms with Crippen LogP contribution in [-0.4, -0.2) is 22.1 Å². The van der Waals surface area contributed by atoms with Crippen LogP contribution in [0.1, 0.15) is 5.56 Å². The number of carboxylic acids is 1. The second-order valence-corrected chi connectivity index (χ2v) is 3.91. The van der Waals surface area contributed by atoms with Gasteiger partial charge in [0.1, 0.15) is 0 Å². The number of hydrogen-bond donors (Lipinski definition) is 3. The number of hydroxylamine groups is 1. The van der Waals surface area contributed by atoms with Gasteiger partial charge in [0.05, 0.1) is 11.9 Å². The maximum Gasteiger partial charge on any atom is 1.00 e. The van der Waals surface area contributed by atoms with Gasteiger partial charge in [0.2, 0.25) is 0 Å². The summed E-state index contributed by atoms with van der Waals surface area (Å²) in [5.41, 5.74) is 2.88. The van der Waals surface area contributed by atoms with Gasteiger partial charge in [-0.1, -0.05) is 18.2 Å². The van der Waals surface area contributed by atoms with Gasteiger partial charge in [-0.25, -0.2) is 5.48 Å². The molecule has 0 bridgehead atoms. The quantitative estimate of drug-likeness (QED) is 0.233. The molecule has 0 aliphatic rings. The first-order valence-electron chi connectivity index (χ1n) is 5.33. The summed E-state index contributed by atoms with van der Waals surface area (Å²) in [5, 5.41) is 20.2. The van der Waals surface area contributed by atoms with E-state index in [1.165, 1.54) is 5.48 Å². The number of H-pyrrole nitrogens is 1. The Hall–Kier alpha value is -1.34. The zero-order chi connectivity index (χ0) is 13.1. The molecule has 94 valence electrons. The van der Waals surface area contributed by atoms with Crippen LogP contribution in [-0.2, 0) is 16.0 Å². The number of fused-ring (bicyclic) bond motifs is 1. The van der Waals surface area contributed by atoms with Crippen LogP contribution in [0.5, 0.6) is 0 Å². The van der Waals surface area contributed by atoms with Crippen LogP contribution >= 0.6 is 0 Å². The van der Waals surface area contributed by atoms with Crippen molar-refractivity contribution in [3.05, 3.63) is 36.0 Å². The minimum absolute atomic E-state index is 0. The average molecular weight is 270 g/mol. The molecule has 3 N–H and O–H groups in total. The molecule has 1 atom stereocenters. The van der Waals surface area contributed by atoms with E-state index in [1.807, 2.05) is 24.3 Å². The molecular weight excluding hydrogens is 259 g/mol. The van der Waals surface area contributed by atoms with Crippen molar-refractivity contribution in [2.45, 2.75) is 6.42 Å². The zero-order valence-electron chi connectivity index (χ0n) is 10.3. The third-order valence-corrected chi connectivity index (χ3v) is 2.81. The standard InChI is InChI=1S/C12H12N2O4.Na/c15-11(14-18)9(12(16)17)5-7-6-13-10-4-2-1-3-8(7)10;/h1-4,6,9,13,18H,5H2,(H,14,15)(H,16,17);/q;+1/p-1. The van der Waals surface area contributed by atoms with Crippen LogP contribution in [0.15, 0.2) is 30.5 Å². The number of aromatic amines is 1. The molecule has 2 rings (SSSR count). The predicted molar refractivity (Wildman–Crippen MR) is 60.4 cm³/mol. The molecule has 0 aliphatic carbocycles. The van der Waals surface area contributed by atoms with Gasteiger partial charge in [-0.3, -0.25) is 10.0 Å². The summed E-state index contributed by atoms with van der Waals surface area (Å²) < 4.78 is 0. The van der Waals surface area contributed by atoms with Crippen molar-refractivity contribution < 1.29 is 49.5 Å². The largest absolute Gasteiger partial charge is 1.00 e. The fraction of sp³-hybridized carbons (Fsp3) is 0.167. The Morgan fingerprint density at radius 2 is 2.05 bits per heavy atom. The number of amides is 1. The Kier molecular flexibility index (Phi) is 5.56. The molecule has 2 aromatic rings. The van der Waals surface area contributed by atoms with E-state index < -0.39 is 17.8 Å². The van der Waals surface area contributed by atoms with Gasteiger partial charge in [0.25, 0.3) is 5.91 Å². The Bertz CT molecular complexity index is 596. The predicted octanol–water partition coefficient (Wildman–Crippen LogP) is -3.41. The minimum atomic E-state index is -1.52. The van der Waals surface area contributed by atoms with E-state index >= 15 is 0 Å². The van der Waals surface area contributed by atoms with Gasteiger partial charge < -0.3 is 14.9 Å². The van der Waals surface area contributed by atoms with Crippen LogP contribution in [0.4, 0.5) is 0 Å². The number of carbonyl (C=O) groups is 2. The first-order chi connectivity index (χ1) is 8.63. The second kappa shape index (κ2) is 6.72. The van der Waals surface area contributed by atoms with Gasteiger partial charge in [0, 0.05) is 17.1 Å². The maximum absolute atomic E-state index is 11.2. The Balaban J connectivity index is 0.00000180. The Morgan fingerprint density at radius 3 is 2.68 bits per heavy atom. The molecule has 0 fully saturated rings. The molecule has 0 spiro atoms. The first-order valence-corrected chi connectivity index (χ1v) is 5.33. The maximum atomic E-state index is 11.2. The van der Waals surface area contributed by atoms with Crippen molar-refractivity contribution in [1.29, 1.82) is 0 Å². The van der Waals surface area contributed by atoms with Crippen molar-refractivity contribution >= 4 is 22.8 Å². The minimum Gasteiger partial charge on any atom is -0.549 e. The fourth-order valence-electron chi connectivity index (χ4n) is 1.88. The van der Waals surface area contributed by atoms with Crippen molar-refractivity contribution in [2.24, 2.45) is 5.92 Å². The summed E-state index contributed by atoms with van der Waals surface area (Å²) in [4.78, 5) is 25.1. The smallest absolute Gasteiger partial charge is 0.549 e. The summed E-state index contributed by atoms with van der Waals surface area (Å²) in [5.74, 6) is -3.93. The van der Waals surface area contributed by atoms with Crippen molar-refractivity contribution in [3.8, 4) is 0 Å². The van der Waals surface area contributed by atoms with E-state index in [4.69, 9.17) is 5.21 Å². The van der Waals surface area contributed by atoms with E-state index in [0.717, 1.165) is 10.9 Å². The third kappa shape index (κ3) is 3.36. The number of carboxylic acid groups (broad SMARTS) is 1. The van der Waals surface area contributed by atoms with E-state index in [-0.39, 0.29) is 36.0 Å². The number of aliphatic carboxylic acids is 1. The van der Waals surface area contributed by atoms with Crippen molar-refractivity contribution in [3.63, 3.8) is 0 Å². The monoisotopic (exact) mass is 270 g/mol.